The molecule has 0 aliphatic heterocycles. The van der Waals surface area contributed by atoms with Crippen molar-refractivity contribution in [2.75, 3.05) is 5.32 Å². The van der Waals surface area contributed by atoms with E-state index in [0.717, 1.165) is 39.8 Å². The molecule has 4 aromatic rings. The lowest BCUT2D eigenvalue weighted by atomic mass is 10.1. The number of imidazole rings is 1. The molecule has 130 valence electrons. The van der Waals surface area contributed by atoms with Crippen LogP contribution in [0.3, 0.4) is 0 Å². The minimum Gasteiger partial charge on any atom is -0.352 e. The van der Waals surface area contributed by atoms with Crippen molar-refractivity contribution in [3.05, 3.63) is 76.9 Å². The van der Waals surface area contributed by atoms with Gasteiger partial charge in [0.05, 0.1) is 17.4 Å². The van der Waals surface area contributed by atoms with Crippen LogP contribution in [-0.4, -0.2) is 14.5 Å². The third-order valence-electron chi connectivity index (χ3n) is 4.44. The molecule has 0 atom stereocenters. The summed E-state index contributed by atoms with van der Waals surface area (Å²) in [6, 6.07) is 18.2. The minimum absolute atomic E-state index is 0.720. The summed E-state index contributed by atoms with van der Waals surface area (Å²) in [5.74, 6) is 0.830. The van der Waals surface area contributed by atoms with Gasteiger partial charge in [0.25, 0.3) is 0 Å². The van der Waals surface area contributed by atoms with Crippen LogP contribution in [0.25, 0.3) is 22.3 Å². The van der Waals surface area contributed by atoms with Crippen molar-refractivity contribution in [3.8, 4) is 11.3 Å². The Morgan fingerprint density at radius 2 is 1.88 bits per heavy atom. The average molecular weight is 363 g/mol. The summed E-state index contributed by atoms with van der Waals surface area (Å²) in [5, 5.41) is 4.14. The van der Waals surface area contributed by atoms with E-state index in [0.29, 0.717) is 0 Å². The lowest BCUT2D eigenvalue weighted by Crippen LogP contribution is -2.05. The highest BCUT2D eigenvalue weighted by molar-refractivity contribution is 6.30. The molecule has 2 heterocycles. The van der Waals surface area contributed by atoms with E-state index in [4.69, 9.17) is 11.6 Å². The van der Waals surface area contributed by atoms with E-state index < -0.39 is 0 Å². The van der Waals surface area contributed by atoms with E-state index in [1.165, 1.54) is 11.1 Å². The van der Waals surface area contributed by atoms with E-state index in [1.807, 2.05) is 37.5 Å². The fraction of sp³-hybridized carbons (Fsp3) is 0.143. The summed E-state index contributed by atoms with van der Waals surface area (Å²) in [5.41, 5.74) is 6.34. The van der Waals surface area contributed by atoms with Crippen LogP contribution in [0.4, 0.5) is 5.95 Å². The molecule has 0 aliphatic rings. The molecule has 4 rings (SSSR count). The first-order valence-corrected chi connectivity index (χ1v) is 8.86. The number of aromatic nitrogens is 3. The molecule has 0 aliphatic carbocycles. The summed E-state index contributed by atoms with van der Waals surface area (Å²) < 4.78 is 2.06. The molecule has 5 heteroatoms. The van der Waals surface area contributed by atoms with Crippen molar-refractivity contribution in [1.29, 1.82) is 0 Å². The number of rotatable bonds is 4. The highest BCUT2D eigenvalue weighted by atomic mass is 35.5. The van der Waals surface area contributed by atoms with E-state index in [9.17, 15) is 0 Å². The lowest BCUT2D eigenvalue weighted by molar-refractivity contribution is 0.927. The number of benzene rings is 2. The maximum atomic E-state index is 5.97. The number of nitrogens with one attached hydrogen (secondary N) is 1. The van der Waals surface area contributed by atoms with Crippen LogP contribution < -0.4 is 5.32 Å². The Morgan fingerprint density at radius 1 is 1.08 bits per heavy atom. The third-order valence-corrected chi connectivity index (χ3v) is 4.69. The minimum atomic E-state index is 0.720. The zero-order chi connectivity index (χ0) is 18.1. The smallest absolute Gasteiger partial charge is 0.203 e. The van der Waals surface area contributed by atoms with Gasteiger partial charge in [-0.25, -0.2) is 4.98 Å². The Kier molecular flexibility index (Phi) is 4.35. The number of hydrogen-bond acceptors (Lipinski definition) is 3. The van der Waals surface area contributed by atoms with E-state index >= 15 is 0 Å². The van der Waals surface area contributed by atoms with Crippen LogP contribution in [0, 0.1) is 6.92 Å². The fourth-order valence-corrected chi connectivity index (χ4v) is 3.16. The summed E-state index contributed by atoms with van der Waals surface area (Å²) >= 11 is 5.97. The highest BCUT2D eigenvalue weighted by Crippen LogP contribution is 2.25. The number of anilines is 1. The fourth-order valence-electron chi connectivity index (χ4n) is 3.04. The van der Waals surface area contributed by atoms with Crippen LogP contribution in [0.2, 0.25) is 5.02 Å². The molecule has 0 radical (unpaired) electrons. The molecular weight excluding hydrogens is 344 g/mol. The van der Waals surface area contributed by atoms with Crippen molar-refractivity contribution < 1.29 is 0 Å². The Balaban J connectivity index is 1.63. The topological polar surface area (TPSA) is 42.7 Å². The maximum absolute atomic E-state index is 5.97. The van der Waals surface area contributed by atoms with Gasteiger partial charge < -0.3 is 9.88 Å². The van der Waals surface area contributed by atoms with Crippen molar-refractivity contribution in [2.45, 2.75) is 13.5 Å². The molecule has 0 bridgehead atoms. The second kappa shape index (κ2) is 6.81. The van der Waals surface area contributed by atoms with Gasteiger partial charge in [0, 0.05) is 24.2 Å². The van der Waals surface area contributed by atoms with Gasteiger partial charge in [-0.15, -0.1) is 0 Å². The summed E-state index contributed by atoms with van der Waals surface area (Å²) in [6.45, 7) is 2.83. The van der Waals surface area contributed by atoms with Gasteiger partial charge in [-0.2, -0.15) is 0 Å². The molecule has 0 spiro atoms. The van der Waals surface area contributed by atoms with Gasteiger partial charge in [-0.1, -0.05) is 53.6 Å². The zero-order valence-corrected chi connectivity index (χ0v) is 15.5. The zero-order valence-electron chi connectivity index (χ0n) is 14.7. The second-order valence-electron chi connectivity index (χ2n) is 6.40. The summed E-state index contributed by atoms with van der Waals surface area (Å²) in [4.78, 5) is 9.21. The molecule has 0 fully saturated rings. The molecule has 26 heavy (non-hydrogen) atoms. The molecule has 0 amide bonds. The third kappa shape index (κ3) is 3.28. The van der Waals surface area contributed by atoms with Gasteiger partial charge in [0.2, 0.25) is 5.95 Å². The van der Waals surface area contributed by atoms with Crippen molar-refractivity contribution in [3.63, 3.8) is 0 Å². The standard InChI is InChI=1S/C21H19ClN4/c1-14-4-3-5-15(10-14)12-24-21-25-19-13-23-18(11-20(19)26(21)2)16-6-8-17(22)9-7-16/h3-11,13H,12H2,1-2H3,(H,24,25). The first-order valence-electron chi connectivity index (χ1n) is 8.48. The van der Waals surface area contributed by atoms with Crippen molar-refractivity contribution in [1.82, 2.24) is 14.5 Å². The van der Waals surface area contributed by atoms with Crippen LogP contribution in [0.1, 0.15) is 11.1 Å². The van der Waals surface area contributed by atoms with Crippen LogP contribution in [0.15, 0.2) is 60.8 Å². The summed E-state index contributed by atoms with van der Waals surface area (Å²) in [6.07, 6.45) is 1.82. The van der Waals surface area contributed by atoms with Gasteiger partial charge in [0.15, 0.2) is 0 Å². The molecule has 2 aromatic heterocycles. The predicted octanol–water partition coefficient (Wildman–Crippen LogP) is 5.21. The Morgan fingerprint density at radius 3 is 2.65 bits per heavy atom. The average Bonchev–Trinajstić information content (AvgIpc) is 2.96. The number of hydrogen-bond donors (Lipinski definition) is 1. The van der Waals surface area contributed by atoms with Crippen molar-refractivity contribution >= 4 is 28.6 Å². The Hall–Kier alpha value is -2.85. The molecule has 0 saturated heterocycles. The SMILES string of the molecule is Cc1cccc(CNc2nc3cnc(-c4ccc(Cl)cc4)cc3n2C)c1. The van der Waals surface area contributed by atoms with Gasteiger partial charge in [0.1, 0.15) is 5.52 Å². The van der Waals surface area contributed by atoms with E-state index in [-0.39, 0.29) is 0 Å². The normalized spacial score (nSPS) is 11.0. The lowest BCUT2D eigenvalue weighted by Gasteiger charge is -2.07. The number of pyridine rings is 1. The molecule has 0 saturated carbocycles. The Labute approximate surface area is 157 Å². The molecule has 0 unspecified atom stereocenters. The second-order valence-corrected chi connectivity index (χ2v) is 6.84. The van der Waals surface area contributed by atoms with Gasteiger partial charge in [-0.3, -0.25) is 4.98 Å². The molecule has 4 nitrogen and oxygen atoms in total. The first-order chi connectivity index (χ1) is 12.6. The number of aryl methyl sites for hydroxylation is 2. The quantitative estimate of drug-likeness (QED) is 0.542. The van der Waals surface area contributed by atoms with Gasteiger partial charge in [-0.05, 0) is 30.7 Å². The van der Waals surface area contributed by atoms with Crippen LogP contribution in [-0.2, 0) is 13.6 Å². The summed E-state index contributed by atoms with van der Waals surface area (Å²) in [7, 11) is 2.01. The molecular formula is C21H19ClN4. The molecule has 2 aromatic carbocycles. The first kappa shape index (κ1) is 16.6. The van der Waals surface area contributed by atoms with E-state index in [1.54, 1.807) is 0 Å². The predicted molar refractivity (Wildman–Crippen MR) is 107 cm³/mol. The monoisotopic (exact) mass is 362 g/mol. The van der Waals surface area contributed by atoms with E-state index in [2.05, 4.69) is 57.1 Å². The van der Waals surface area contributed by atoms with Crippen LogP contribution in [0.5, 0.6) is 0 Å². The highest BCUT2D eigenvalue weighted by Gasteiger charge is 2.10. The maximum Gasteiger partial charge on any atom is 0.203 e. The number of fused-ring (bicyclic) bond motifs is 1. The Bertz CT molecular complexity index is 1070. The van der Waals surface area contributed by atoms with Crippen molar-refractivity contribution in [2.24, 2.45) is 7.05 Å². The van der Waals surface area contributed by atoms with Gasteiger partial charge >= 0.3 is 0 Å². The number of halogens is 1. The largest absolute Gasteiger partial charge is 0.352 e. The van der Waals surface area contributed by atoms with Crippen LogP contribution >= 0.6 is 11.6 Å². The molecule has 1 N–H and O–H groups in total. The number of nitrogens with zero attached hydrogens (tertiary/aromatic N) is 3.